The zero-order chi connectivity index (χ0) is 14.3. The van der Waals surface area contributed by atoms with Gasteiger partial charge in [-0.2, -0.15) is 0 Å². The second-order valence-electron chi connectivity index (χ2n) is 3.84. The van der Waals surface area contributed by atoms with Crippen LogP contribution in [0, 0.1) is 0 Å². The van der Waals surface area contributed by atoms with E-state index in [1.54, 1.807) is 6.20 Å². The Balaban J connectivity index is 2.68. The van der Waals surface area contributed by atoms with Crippen LogP contribution in [0.5, 0.6) is 0 Å². The summed E-state index contributed by atoms with van der Waals surface area (Å²) in [5.41, 5.74) is 0. The minimum Gasteiger partial charge on any atom is -0.480 e. The number of carbonyl (C=O) groups excluding carboxylic acids is 1. The van der Waals surface area contributed by atoms with Gasteiger partial charge in [0.25, 0.3) is 0 Å². The molecule has 1 aromatic rings. The molecule has 0 radical (unpaired) electrons. The standard InChI is InChI=1S/C12H17N3O3S/c1-3-6-15(8-10(16)17)12(18)14-9(4-2)11-13-5-7-19-11/h3,5,7,9H,1,4,6,8H2,2H3,(H,14,18)(H,16,17). The third-order valence-electron chi connectivity index (χ3n) is 2.42. The highest BCUT2D eigenvalue weighted by atomic mass is 32.1. The number of rotatable bonds is 7. The van der Waals surface area contributed by atoms with Gasteiger partial charge < -0.3 is 15.3 Å². The predicted molar refractivity (Wildman–Crippen MR) is 73.1 cm³/mol. The van der Waals surface area contributed by atoms with E-state index in [0.717, 1.165) is 5.01 Å². The quantitative estimate of drug-likeness (QED) is 0.748. The van der Waals surface area contributed by atoms with Crippen LogP contribution in [0.25, 0.3) is 0 Å². The van der Waals surface area contributed by atoms with Crippen LogP contribution in [0.2, 0.25) is 0 Å². The Morgan fingerprint density at radius 3 is 2.89 bits per heavy atom. The third-order valence-corrected chi connectivity index (χ3v) is 3.31. The Labute approximate surface area is 115 Å². The summed E-state index contributed by atoms with van der Waals surface area (Å²) in [6.45, 7) is 5.28. The van der Waals surface area contributed by atoms with Gasteiger partial charge in [0.05, 0.1) is 6.04 Å². The number of thiazole rings is 1. The van der Waals surface area contributed by atoms with Crippen molar-refractivity contribution < 1.29 is 14.7 Å². The van der Waals surface area contributed by atoms with Crippen LogP contribution in [0.4, 0.5) is 4.79 Å². The molecule has 0 spiro atoms. The zero-order valence-electron chi connectivity index (χ0n) is 10.7. The lowest BCUT2D eigenvalue weighted by molar-refractivity contribution is -0.137. The van der Waals surface area contributed by atoms with Crippen molar-refractivity contribution >= 4 is 23.3 Å². The molecular weight excluding hydrogens is 266 g/mol. The van der Waals surface area contributed by atoms with E-state index >= 15 is 0 Å². The lowest BCUT2D eigenvalue weighted by Crippen LogP contribution is -2.44. The van der Waals surface area contributed by atoms with Crippen molar-refractivity contribution in [2.24, 2.45) is 0 Å². The fourth-order valence-corrected chi connectivity index (χ4v) is 2.30. The van der Waals surface area contributed by atoms with Crippen LogP contribution >= 0.6 is 11.3 Å². The van der Waals surface area contributed by atoms with E-state index in [0.29, 0.717) is 6.42 Å². The Bertz CT molecular complexity index is 433. The Morgan fingerprint density at radius 2 is 2.42 bits per heavy atom. The Kier molecular flexibility index (Phi) is 6.01. The van der Waals surface area contributed by atoms with E-state index in [-0.39, 0.29) is 19.1 Å². The van der Waals surface area contributed by atoms with Gasteiger partial charge >= 0.3 is 12.0 Å². The summed E-state index contributed by atoms with van der Waals surface area (Å²) in [5, 5.41) is 14.2. The lowest BCUT2D eigenvalue weighted by Gasteiger charge is -2.22. The minimum atomic E-state index is -1.06. The second kappa shape index (κ2) is 7.52. The highest BCUT2D eigenvalue weighted by molar-refractivity contribution is 7.09. The number of nitrogens with zero attached hydrogens (tertiary/aromatic N) is 2. The summed E-state index contributed by atoms with van der Waals surface area (Å²) >= 11 is 1.46. The molecule has 0 saturated carbocycles. The van der Waals surface area contributed by atoms with Crippen molar-refractivity contribution in [1.29, 1.82) is 0 Å². The molecule has 6 nitrogen and oxygen atoms in total. The summed E-state index contributed by atoms with van der Waals surface area (Å²) in [6.07, 6.45) is 3.86. The topological polar surface area (TPSA) is 82.5 Å². The number of carbonyl (C=O) groups is 2. The number of hydrogen-bond acceptors (Lipinski definition) is 4. The number of carboxylic acid groups (broad SMARTS) is 1. The summed E-state index contributed by atoms with van der Waals surface area (Å²) in [4.78, 5) is 28.1. The molecule has 1 heterocycles. The molecular formula is C12H17N3O3S. The van der Waals surface area contributed by atoms with E-state index in [4.69, 9.17) is 5.11 Å². The first-order valence-electron chi connectivity index (χ1n) is 5.86. The van der Waals surface area contributed by atoms with Crippen LogP contribution in [-0.2, 0) is 4.79 Å². The maximum absolute atomic E-state index is 12.0. The van der Waals surface area contributed by atoms with Gasteiger partial charge in [0, 0.05) is 18.1 Å². The van der Waals surface area contributed by atoms with E-state index < -0.39 is 12.0 Å². The zero-order valence-corrected chi connectivity index (χ0v) is 11.5. The Morgan fingerprint density at radius 1 is 1.68 bits per heavy atom. The van der Waals surface area contributed by atoms with Gasteiger partial charge in [-0.25, -0.2) is 9.78 Å². The molecule has 0 aliphatic carbocycles. The number of urea groups is 1. The van der Waals surface area contributed by atoms with Crippen molar-refractivity contribution in [3.8, 4) is 0 Å². The Hall–Kier alpha value is -1.89. The number of nitrogens with one attached hydrogen (secondary N) is 1. The van der Waals surface area contributed by atoms with Gasteiger partial charge in [0.15, 0.2) is 0 Å². The van der Waals surface area contributed by atoms with Crippen molar-refractivity contribution in [3.05, 3.63) is 29.2 Å². The van der Waals surface area contributed by atoms with Crippen LogP contribution in [0.3, 0.4) is 0 Å². The normalized spacial score (nSPS) is 11.6. The number of carboxylic acids is 1. The van der Waals surface area contributed by atoms with Crippen LogP contribution in [0.15, 0.2) is 24.2 Å². The largest absolute Gasteiger partial charge is 0.480 e. The van der Waals surface area contributed by atoms with Gasteiger partial charge in [-0.3, -0.25) is 4.79 Å². The van der Waals surface area contributed by atoms with Crippen molar-refractivity contribution in [1.82, 2.24) is 15.2 Å². The molecule has 1 rings (SSSR count). The summed E-state index contributed by atoms with van der Waals surface area (Å²) < 4.78 is 0. The molecule has 0 aliphatic heterocycles. The molecule has 0 saturated heterocycles. The minimum absolute atomic E-state index is 0.187. The molecule has 7 heteroatoms. The predicted octanol–water partition coefficient (Wildman–Crippen LogP) is 1.88. The van der Waals surface area contributed by atoms with Crippen LogP contribution < -0.4 is 5.32 Å². The first-order chi connectivity index (χ1) is 9.08. The summed E-state index contributed by atoms with van der Waals surface area (Å²) in [7, 11) is 0. The summed E-state index contributed by atoms with van der Waals surface area (Å²) in [5.74, 6) is -1.06. The van der Waals surface area contributed by atoms with Crippen LogP contribution in [-0.4, -0.2) is 40.1 Å². The number of aromatic nitrogens is 1. The molecule has 0 aliphatic rings. The molecule has 0 fully saturated rings. The fraction of sp³-hybridized carbons (Fsp3) is 0.417. The molecule has 2 N–H and O–H groups in total. The van der Waals surface area contributed by atoms with Crippen molar-refractivity contribution in [2.75, 3.05) is 13.1 Å². The average Bonchev–Trinajstić information content (AvgIpc) is 2.88. The lowest BCUT2D eigenvalue weighted by atomic mass is 10.2. The molecule has 1 unspecified atom stereocenters. The average molecular weight is 283 g/mol. The van der Waals surface area contributed by atoms with Crippen molar-refractivity contribution in [3.63, 3.8) is 0 Å². The maximum atomic E-state index is 12.0. The van der Waals surface area contributed by atoms with Crippen molar-refractivity contribution in [2.45, 2.75) is 19.4 Å². The van der Waals surface area contributed by atoms with Crippen LogP contribution in [0.1, 0.15) is 24.4 Å². The molecule has 0 aromatic carbocycles. The first kappa shape index (κ1) is 15.2. The smallest absolute Gasteiger partial charge is 0.323 e. The molecule has 104 valence electrons. The fourth-order valence-electron chi connectivity index (χ4n) is 1.52. The number of amides is 2. The molecule has 1 atom stereocenters. The van der Waals surface area contributed by atoms with E-state index in [1.807, 2.05) is 12.3 Å². The van der Waals surface area contributed by atoms with Gasteiger partial charge in [0.1, 0.15) is 11.6 Å². The summed E-state index contributed by atoms with van der Waals surface area (Å²) in [6, 6.07) is -0.627. The van der Waals surface area contributed by atoms with Gasteiger partial charge in [-0.15, -0.1) is 17.9 Å². The maximum Gasteiger partial charge on any atom is 0.323 e. The second-order valence-corrected chi connectivity index (χ2v) is 4.77. The van der Waals surface area contributed by atoms with E-state index in [1.165, 1.54) is 22.3 Å². The van der Waals surface area contributed by atoms with Gasteiger partial charge in [-0.05, 0) is 6.42 Å². The van der Waals surface area contributed by atoms with Gasteiger partial charge in [0.2, 0.25) is 0 Å². The monoisotopic (exact) mass is 283 g/mol. The first-order valence-corrected chi connectivity index (χ1v) is 6.74. The molecule has 2 amide bonds. The molecule has 1 aromatic heterocycles. The molecule has 0 bridgehead atoms. The van der Waals surface area contributed by atoms with Gasteiger partial charge in [-0.1, -0.05) is 13.0 Å². The molecule has 19 heavy (non-hydrogen) atoms. The number of aliphatic carboxylic acids is 1. The van der Waals surface area contributed by atoms with E-state index in [9.17, 15) is 9.59 Å². The number of hydrogen-bond donors (Lipinski definition) is 2. The highest BCUT2D eigenvalue weighted by Crippen LogP contribution is 2.18. The third kappa shape index (κ3) is 4.70. The van der Waals surface area contributed by atoms with E-state index in [2.05, 4.69) is 16.9 Å². The SMILES string of the molecule is C=CCN(CC(=O)O)C(=O)NC(CC)c1nccs1. The highest BCUT2D eigenvalue weighted by Gasteiger charge is 2.20.